The average Bonchev–Trinajstić information content (AvgIpc) is 2.68. The molecule has 3 aromatic heterocycles. The van der Waals surface area contributed by atoms with Crippen LogP contribution in [0.4, 0.5) is 0 Å². The molecule has 0 spiro atoms. The van der Waals surface area contributed by atoms with E-state index in [4.69, 9.17) is 0 Å². The highest BCUT2D eigenvalue weighted by Crippen LogP contribution is 2.18. The van der Waals surface area contributed by atoms with Crippen molar-refractivity contribution in [2.75, 3.05) is 6.54 Å². The number of aromatic nitrogens is 5. The van der Waals surface area contributed by atoms with Gasteiger partial charge in [-0.25, -0.2) is 9.97 Å². The minimum absolute atomic E-state index is 0.142. The molecule has 0 fully saturated rings. The first-order valence-corrected chi connectivity index (χ1v) is 8.22. The second-order valence-corrected chi connectivity index (χ2v) is 6.10. The molecule has 0 unspecified atom stereocenters. The third-order valence-electron chi connectivity index (χ3n) is 4.29. The summed E-state index contributed by atoms with van der Waals surface area (Å²) >= 11 is 0. The molecule has 0 atom stereocenters. The van der Waals surface area contributed by atoms with Gasteiger partial charge < -0.3 is 9.88 Å². The van der Waals surface area contributed by atoms with E-state index in [1.165, 1.54) is 6.20 Å². The number of carbonyl (C=O) groups is 1. The van der Waals surface area contributed by atoms with E-state index in [-0.39, 0.29) is 18.0 Å². The van der Waals surface area contributed by atoms with Crippen LogP contribution in [-0.2, 0) is 13.0 Å². The van der Waals surface area contributed by atoms with E-state index in [0.717, 1.165) is 5.69 Å². The number of carbonyl (C=O) groups excluding carboxylic acids is 1. The van der Waals surface area contributed by atoms with Gasteiger partial charge in [-0.3, -0.25) is 19.6 Å². The Hall–Kier alpha value is -3.42. The van der Waals surface area contributed by atoms with Crippen molar-refractivity contribution in [2.24, 2.45) is 0 Å². The van der Waals surface area contributed by atoms with Crippen LogP contribution in [0.25, 0.3) is 11.5 Å². The average molecular weight is 348 g/mol. The summed E-state index contributed by atoms with van der Waals surface area (Å²) in [4.78, 5) is 46.4. The molecule has 0 aromatic carbocycles. The first-order chi connectivity index (χ1) is 12.6. The Balaban J connectivity index is 1.63. The molecular weight excluding hydrogens is 332 g/mol. The van der Waals surface area contributed by atoms with Gasteiger partial charge in [0.2, 0.25) is 0 Å². The monoisotopic (exact) mass is 348 g/mol. The summed E-state index contributed by atoms with van der Waals surface area (Å²) in [6.45, 7) is 2.56. The van der Waals surface area contributed by atoms with Crippen molar-refractivity contribution in [1.82, 2.24) is 29.8 Å². The summed E-state index contributed by atoms with van der Waals surface area (Å²) in [5.41, 5.74) is 2.77. The van der Waals surface area contributed by atoms with E-state index < -0.39 is 0 Å². The molecule has 4 rings (SSSR count). The summed E-state index contributed by atoms with van der Waals surface area (Å²) < 4.78 is 0. The van der Waals surface area contributed by atoms with Gasteiger partial charge in [0.05, 0.1) is 35.3 Å². The highest BCUT2D eigenvalue weighted by molar-refractivity contribution is 5.94. The lowest BCUT2D eigenvalue weighted by Crippen LogP contribution is -2.39. The molecule has 0 radical (unpaired) electrons. The zero-order chi connectivity index (χ0) is 18.1. The number of hydrogen-bond acceptors (Lipinski definition) is 6. The molecule has 1 N–H and O–H groups in total. The molecule has 0 saturated carbocycles. The first kappa shape index (κ1) is 16.1. The number of fused-ring (bicyclic) bond motifs is 1. The topological polar surface area (TPSA) is 105 Å². The van der Waals surface area contributed by atoms with E-state index >= 15 is 0 Å². The number of H-pyrrole nitrogens is 1. The van der Waals surface area contributed by atoms with Crippen molar-refractivity contribution in [3.63, 3.8) is 0 Å². The van der Waals surface area contributed by atoms with Gasteiger partial charge in [0.15, 0.2) is 5.82 Å². The molecule has 26 heavy (non-hydrogen) atoms. The van der Waals surface area contributed by atoms with Crippen LogP contribution in [0.1, 0.15) is 27.3 Å². The molecule has 0 bridgehead atoms. The molecular formula is C18H16N6O2. The van der Waals surface area contributed by atoms with E-state index in [2.05, 4.69) is 24.9 Å². The molecule has 1 aliphatic heterocycles. The van der Waals surface area contributed by atoms with E-state index in [9.17, 15) is 9.59 Å². The van der Waals surface area contributed by atoms with Gasteiger partial charge in [-0.05, 0) is 19.1 Å². The van der Waals surface area contributed by atoms with Crippen LogP contribution in [-0.4, -0.2) is 42.3 Å². The highest BCUT2D eigenvalue weighted by atomic mass is 16.2. The second kappa shape index (κ2) is 6.47. The molecule has 0 saturated heterocycles. The summed E-state index contributed by atoms with van der Waals surface area (Å²) in [7, 11) is 0. The molecule has 130 valence electrons. The van der Waals surface area contributed by atoms with Crippen LogP contribution in [0.3, 0.4) is 0 Å². The Morgan fingerprint density at radius 2 is 2.12 bits per heavy atom. The van der Waals surface area contributed by atoms with Crippen LogP contribution < -0.4 is 5.56 Å². The maximum absolute atomic E-state index is 12.6. The van der Waals surface area contributed by atoms with Crippen LogP contribution in [0, 0.1) is 6.92 Å². The normalized spacial score (nSPS) is 13.3. The third-order valence-corrected chi connectivity index (χ3v) is 4.29. The summed E-state index contributed by atoms with van der Waals surface area (Å²) in [6.07, 6.45) is 6.87. The number of aromatic amines is 1. The van der Waals surface area contributed by atoms with Gasteiger partial charge in [0.25, 0.3) is 11.5 Å². The van der Waals surface area contributed by atoms with Gasteiger partial charge in [-0.15, -0.1) is 0 Å². The van der Waals surface area contributed by atoms with E-state index in [0.29, 0.717) is 41.3 Å². The summed E-state index contributed by atoms with van der Waals surface area (Å²) in [5.74, 6) is 0.255. The summed E-state index contributed by atoms with van der Waals surface area (Å²) in [5, 5.41) is 0. The highest BCUT2D eigenvalue weighted by Gasteiger charge is 2.25. The number of pyridine rings is 1. The minimum atomic E-state index is -0.254. The van der Waals surface area contributed by atoms with Crippen molar-refractivity contribution >= 4 is 5.91 Å². The maximum atomic E-state index is 12.6. The van der Waals surface area contributed by atoms with Crippen molar-refractivity contribution in [2.45, 2.75) is 19.9 Å². The Morgan fingerprint density at radius 3 is 2.85 bits per heavy atom. The predicted molar refractivity (Wildman–Crippen MR) is 93.3 cm³/mol. The Bertz CT molecular complexity index is 1010. The number of nitrogens with one attached hydrogen (secondary N) is 1. The lowest BCUT2D eigenvalue weighted by Gasteiger charge is -2.27. The van der Waals surface area contributed by atoms with Crippen LogP contribution >= 0.6 is 0 Å². The Labute approximate surface area is 149 Å². The third kappa shape index (κ3) is 2.97. The predicted octanol–water partition coefficient (Wildman–Crippen LogP) is 1.13. The van der Waals surface area contributed by atoms with Crippen molar-refractivity contribution in [3.05, 3.63) is 69.8 Å². The zero-order valence-electron chi connectivity index (χ0n) is 14.1. The summed E-state index contributed by atoms with van der Waals surface area (Å²) in [6, 6.07) is 3.43. The Kier molecular flexibility index (Phi) is 4.00. The molecule has 3 aromatic rings. The fraction of sp³-hybridized carbons (Fsp3) is 0.222. The lowest BCUT2D eigenvalue weighted by atomic mass is 10.1. The molecule has 1 amide bonds. The maximum Gasteiger partial charge on any atom is 0.256 e. The van der Waals surface area contributed by atoms with E-state index in [1.807, 2.05) is 6.92 Å². The fourth-order valence-electron chi connectivity index (χ4n) is 2.91. The molecule has 0 aliphatic carbocycles. The van der Waals surface area contributed by atoms with Crippen molar-refractivity contribution in [3.8, 4) is 11.5 Å². The molecule has 8 nitrogen and oxygen atoms in total. The minimum Gasteiger partial charge on any atom is -0.334 e. The number of nitrogens with zero attached hydrogens (tertiary/aromatic N) is 5. The lowest BCUT2D eigenvalue weighted by molar-refractivity contribution is 0.0732. The molecule has 4 heterocycles. The van der Waals surface area contributed by atoms with Gasteiger partial charge in [0.1, 0.15) is 5.69 Å². The second-order valence-electron chi connectivity index (χ2n) is 6.10. The standard InChI is InChI=1S/C18H16N6O2/c1-11-7-21-15(9-20-11)16-22-14-4-6-24(10-13(14)17(25)23-16)18(26)12-3-2-5-19-8-12/h2-3,5,7-9H,4,6,10H2,1H3,(H,22,23,25). The zero-order valence-corrected chi connectivity index (χ0v) is 14.1. The van der Waals surface area contributed by atoms with Crippen molar-refractivity contribution in [1.29, 1.82) is 0 Å². The SMILES string of the molecule is Cc1cnc(-c2nc3c(c(=O)[nH]2)CN(C(=O)c2cccnc2)CC3)cn1. The van der Waals surface area contributed by atoms with Gasteiger partial charge in [0, 0.05) is 31.6 Å². The van der Waals surface area contributed by atoms with E-state index in [1.54, 1.807) is 35.6 Å². The number of rotatable bonds is 2. The molecule has 8 heteroatoms. The van der Waals surface area contributed by atoms with Gasteiger partial charge >= 0.3 is 0 Å². The van der Waals surface area contributed by atoms with Crippen LogP contribution in [0.2, 0.25) is 0 Å². The molecule has 1 aliphatic rings. The number of aryl methyl sites for hydroxylation is 1. The van der Waals surface area contributed by atoms with Crippen LogP contribution in [0.15, 0.2) is 41.7 Å². The fourth-order valence-corrected chi connectivity index (χ4v) is 2.91. The van der Waals surface area contributed by atoms with Crippen LogP contribution in [0.5, 0.6) is 0 Å². The van der Waals surface area contributed by atoms with Crippen molar-refractivity contribution < 1.29 is 4.79 Å². The van der Waals surface area contributed by atoms with Gasteiger partial charge in [-0.1, -0.05) is 0 Å². The Morgan fingerprint density at radius 1 is 1.23 bits per heavy atom. The van der Waals surface area contributed by atoms with Gasteiger partial charge in [-0.2, -0.15) is 0 Å². The first-order valence-electron chi connectivity index (χ1n) is 8.22. The number of amides is 1. The number of hydrogen-bond donors (Lipinski definition) is 1. The largest absolute Gasteiger partial charge is 0.334 e. The smallest absolute Gasteiger partial charge is 0.256 e. The quantitative estimate of drug-likeness (QED) is 0.744.